The fourth-order valence-electron chi connectivity index (χ4n) is 3.13. The Hall–Kier alpha value is -1.62. The molecule has 1 heterocycles. The van der Waals surface area contributed by atoms with Crippen LogP contribution in [0.5, 0.6) is 0 Å². The molecular formula is C17H28N4O. The van der Waals surface area contributed by atoms with Gasteiger partial charge in [0.05, 0.1) is 12.2 Å². The third-order valence-corrected chi connectivity index (χ3v) is 4.52. The van der Waals surface area contributed by atoms with E-state index in [1.807, 2.05) is 31.4 Å². The summed E-state index contributed by atoms with van der Waals surface area (Å²) in [6.07, 6.45) is 8.14. The van der Waals surface area contributed by atoms with E-state index in [0.29, 0.717) is 12.0 Å². The number of guanidine groups is 1. The van der Waals surface area contributed by atoms with Gasteiger partial charge in [0.15, 0.2) is 5.96 Å². The Bertz CT molecular complexity index is 455. The zero-order valence-electron chi connectivity index (χ0n) is 13.8. The Morgan fingerprint density at radius 1 is 1.32 bits per heavy atom. The summed E-state index contributed by atoms with van der Waals surface area (Å²) in [4.78, 5) is 8.63. The molecule has 122 valence electrons. The third kappa shape index (κ3) is 4.98. The minimum Gasteiger partial charge on any atom is -0.385 e. The minimum absolute atomic E-state index is 0.360. The third-order valence-electron chi connectivity index (χ3n) is 4.52. The lowest BCUT2D eigenvalue weighted by atomic mass is 9.83. The average Bonchev–Trinajstić information content (AvgIpc) is 3.03. The molecule has 0 bridgehead atoms. The smallest absolute Gasteiger partial charge is 0.191 e. The van der Waals surface area contributed by atoms with Crippen LogP contribution in [-0.4, -0.2) is 38.3 Å². The van der Waals surface area contributed by atoms with Gasteiger partial charge in [0.25, 0.3) is 0 Å². The number of aliphatic imine (C=N–C) groups is 1. The maximum Gasteiger partial charge on any atom is 0.191 e. The summed E-state index contributed by atoms with van der Waals surface area (Å²) in [5, 5.41) is 6.82. The highest BCUT2D eigenvalue weighted by molar-refractivity contribution is 5.79. The molecule has 0 saturated heterocycles. The lowest BCUT2D eigenvalue weighted by molar-refractivity contribution is 0.138. The molecule has 1 aliphatic carbocycles. The van der Waals surface area contributed by atoms with Crippen molar-refractivity contribution in [3.8, 4) is 0 Å². The number of pyridine rings is 1. The first-order chi connectivity index (χ1) is 10.8. The molecule has 1 aromatic heterocycles. The lowest BCUT2D eigenvalue weighted by Crippen LogP contribution is -2.43. The minimum atomic E-state index is 0.360. The van der Waals surface area contributed by atoms with Crippen LogP contribution >= 0.6 is 0 Å². The Kier molecular flexibility index (Phi) is 6.65. The van der Waals surface area contributed by atoms with Crippen LogP contribution in [0.2, 0.25) is 0 Å². The van der Waals surface area contributed by atoms with Crippen LogP contribution in [-0.2, 0) is 11.3 Å². The molecule has 0 amide bonds. The van der Waals surface area contributed by atoms with Crippen LogP contribution in [0, 0.1) is 5.41 Å². The highest BCUT2D eigenvalue weighted by Crippen LogP contribution is 2.40. The predicted molar refractivity (Wildman–Crippen MR) is 89.8 cm³/mol. The van der Waals surface area contributed by atoms with Gasteiger partial charge in [-0.2, -0.15) is 0 Å². The molecule has 0 aliphatic heterocycles. The van der Waals surface area contributed by atoms with Crippen LogP contribution in [0.4, 0.5) is 0 Å². The van der Waals surface area contributed by atoms with Gasteiger partial charge < -0.3 is 15.4 Å². The van der Waals surface area contributed by atoms with Gasteiger partial charge in [0.1, 0.15) is 0 Å². The number of nitrogens with one attached hydrogen (secondary N) is 2. The zero-order chi connectivity index (χ0) is 15.7. The highest BCUT2D eigenvalue weighted by atomic mass is 16.5. The van der Waals surface area contributed by atoms with Crippen molar-refractivity contribution in [2.45, 2.75) is 38.6 Å². The molecule has 2 rings (SSSR count). The van der Waals surface area contributed by atoms with Crippen molar-refractivity contribution in [2.75, 3.05) is 27.3 Å². The molecule has 5 heteroatoms. The van der Waals surface area contributed by atoms with Crippen molar-refractivity contribution >= 4 is 5.96 Å². The number of hydrogen-bond donors (Lipinski definition) is 2. The highest BCUT2D eigenvalue weighted by Gasteiger charge is 2.33. The standard InChI is InChI=1S/C17H28N4O/c1-18-16(20-13-15-7-3-6-11-19-15)21-14-17(10-12-22-2)8-4-5-9-17/h3,6-7,11H,4-5,8-10,12-14H2,1-2H3,(H2,18,20,21). The number of ether oxygens (including phenoxy) is 1. The predicted octanol–water partition coefficient (Wildman–Crippen LogP) is 2.34. The van der Waals surface area contributed by atoms with Crippen LogP contribution in [0.3, 0.4) is 0 Å². The van der Waals surface area contributed by atoms with Gasteiger partial charge in [0.2, 0.25) is 0 Å². The van der Waals surface area contributed by atoms with Crippen molar-refractivity contribution in [3.63, 3.8) is 0 Å². The summed E-state index contributed by atoms with van der Waals surface area (Å²) < 4.78 is 5.29. The van der Waals surface area contributed by atoms with Crippen molar-refractivity contribution < 1.29 is 4.74 Å². The molecule has 0 unspecified atom stereocenters. The van der Waals surface area contributed by atoms with E-state index in [-0.39, 0.29) is 0 Å². The van der Waals surface area contributed by atoms with Gasteiger partial charge in [-0.05, 0) is 36.8 Å². The van der Waals surface area contributed by atoms with Gasteiger partial charge in [-0.25, -0.2) is 0 Å². The molecule has 2 N–H and O–H groups in total. The number of nitrogens with zero attached hydrogens (tertiary/aromatic N) is 2. The van der Waals surface area contributed by atoms with Gasteiger partial charge >= 0.3 is 0 Å². The first-order valence-electron chi connectivity index (χ1n) is 8.11. The van der Waals surface area contributed by atoms with E-state index in [1.54, 1.807) is 7.11 Å². The first kappa shape index (κ1) is 16.7. The molecule has 0 spiro atoms. The van der Waals surface area contributed by atoms with Crippen LogP contribution in [0.1, 0.15) is 37.8 Å². The number of rotatable bonds is 7. The van der Waals surface area contributed by atoms with Crippen LogP contribution < -0.4 is 10.6 Å². The second-order valence-corrected chi connectivity index (χ2v) is 6.05. The van der Waals surface area contributed by atoms with Crippen molar-refractivity contribution in [3.05, 3.63) is 30.1 Å². The molecule has 1 aromatic rings. The largest absolute Gasteiger partial charge is 0.385 e. The SMILES string of the molecule is CN=C(NCc1ccccn1)NCC1(CCOC)CCCC1. The molecule has 1 aliphatic rings. The second-order valence-electron chi connectivity index (χ2n) is 6.05. The maximum atomic E-state index is 5.29. The monoisotopic (exact) mass is 304 g/mol. The van der Waals surface area contributed by atoms with Crippen molar-refractivity contribution in [1.82, 2.24) is 15.6 Å². The summed E-state index contributed by atoms with van der Waals surface area (Å²) in [6.45, 7) is 2.48. The molecule has 0 atom stereocenters. The molecule has 1 saturated carbocycles. The van der Waals surface area contributed by atoms with E-state index in [0.717, 1.165) is 31.2 Å². The van der Waals surface area contributed by atoms with Crippen LogP contribution in [0.25, 0.3) is 0 Å². The van der Waals surface area contributed by atoms with Gasteiger partial charge in [-0.15, -0.1) is 0 Å². The molecule has 1 fully saturated rings. The summed E-state index contributed by atoms with van der Waals surface area (Å²) in [6, 6.07) is 5.94. The fourth-order valence-corrected chi connectivity index (χ4v) is 3.13. The fraction of sp³-hybridized carbons (Fsp3) is 0.647. The van der Waals surface area contributed by atoms with Gasteiger partial charge in [-0.1, -0.05) is 18.9 Å². The summed E-state index contributed by atoms with van der Waals surface area (Å²) >= 11 is 0. The van der Waals surface area contributed by atoms with Gasteiger partial charge in [-0.3, -0.25) is 9.98 Å². The Labute approximate surface area is 133 Å². The maximum absolute atomic E-state index is 5.29. The molecule has 22 heavy (non-hydrogen) atoms. The Balaban J connectivity index is 1.82. The van der Waals surface area contributed by atoms with E-state index >= 15 is 0 Å². The van der Waals surface area contributed by atoms with E-state index in [1.165, 1.54) is 25.7 Å². The normalized spacial score (nSPS) is 17.5. The van der Waals surface area contributed by atoms with E-state index in [4.69, 9.17) is 4.74 Å². The summed E-state index contributed by atoms with van der Waals surface area (Å²) in [5.74, 6) is 0.842. The zero-order valence-corrected chi connectivity index (χ0v) is 13.8. The Morgan fingerprint density at radius 3 is 2.77 bits per heavy atom. The van der Waals surface area contributed by atoms with E-state index in [9.17, 15) is 0 Å². The number of methoxy groups -OCH3 is 1. The summed E-state index contributed by atoms with van der Waals surface area (Å²) in [5.41, 5.74) is 1.37. The summed E-state index contributed by atoms with van der Waals surface area (Å²) in [7, 11) is 3.59. The molecular weight excluding hydrogens is 276 g/mol. The van der Waals surface area contributed by atoms with Crippen molar-refractivity contribution in [2.24, 2.45) is 10.4 Å². The molecule has 5 nitrogen and oxygen atoms in total. The van der Waals surface area contributed by atoms with Gasteiger partial charge in [0, 0.05) is 33.5 Å². The number of hydrogen-bond acceptors (Lipinski definition) is 3. The molecule has 0 aromatic carbocycles. The first-order valence-corrected chi connectivity index (χ1v) is 8.11. The lowest BCUT2D eigenvalue weighted by Gasteiger charge is -2.29. The Morgan fingerprint density at radius 2 is 2.14 bits per heavy atom. The second kappa shape index (κ2) is 8.73. The topological polar surface area (TPSA) is 58.5 Å². The van der Waals surface area contributed by atoms with E-state index < -0.39 is 0 Å². The number of aromatic nitrogens is 1. The van der Waals surface area contributed by atoms with E-state index in [2.05, 4.69) is 20.6 Å². The quantitative estimate of drug-likeness (QED) is 0.600. The van der Waals surface area contributed by atoms with Crippen molar-refractivity contribution in [1.29, 1.82) is 0 Å². The van der Waals surface area contributed by atoms with Crippen LogP contribution in [0.15, 0.2) is 29.4 Å². The average molecular weight is 304 g/mol. The molecule has 0 radical (unpaired) electrons.